The summed E-state index contributed by atoms with van der Waals surface area (Å²) in [5.41, 5.74) is 0.879. The molecule has 32 heavy (non-hydrogen) atoms. The smallest absolute Gasteiger partial charge is 0.275 e. The highest BCUT2D eigenvalue weighted by molar-refractivity contribution is 7.57. The monoisotopic (exact) mass is 484 g/mol. The third-order valence-corrected chi connectivity index (χ3v) is 10.3. The molecular formula is C23H38ClN4O3P. The molecule has 7 nitrogen and oxygen atoms in total. The van der Waals surface area contributed by atoms with E-state index < -0.39 is 13.6 Å². The van der Waals surface area contributed by atoms with Gasteiger partial charge in [0.15, 0.2) is 0 Å². The third-order valence-electron chi connectivity index (χ3n) is 6.66. The van der Waals surface area contributed by atoms with Crippen molar-refractivity contribution >= 4 is 25.1 Å². The number of carbonyl (C=O) groups is 1. The van der Waals surface area contributed by atoms with Gasteiger partial charge in [-0.05, 0) is 58.2 Å². The van der Waals surface area contributed by atoms with Gasteiger partial charge in [0, 0.05) is 48.7 Å². The normalized spacial score (nSPS) is 24.7. The standard InChI is InChI=1S/C23H38ClN4O3P/c1-16(2)27-21-9-7-8-10-22(21)28(17(3)4)32(27,30)25-20(15-23(29)26(5)31-6)18-11-13-19(24)14-12-18/h11-14,16-17,20-22H,7-10,15H2,1-6H3,(H,25,30)/t20-,21+,22+/m1/s1. The van der Waals surface area contributed by atoms with E-state index in [0.29, 0.717) is 5.02 Å². The van der Waals surface area contributed by atoms with Crippen LogP contribution in [0, 0.1) is 0 Å². The molecule has 2 fully saturated rings. The topological polar surface area (TPSA) is 65.1 Å². The number of fused-ring (bicyclic) bond motifs is 1. The summed E-state index contributed by atoms with van der Waals surface area (Å²) >= 11 is 6.12. The van der Waals surface area contributed by atoms with Crippen LogP contribution in [0.3, 0.4) is 0 Å². The Kier molecular flexibility index (Phi) is 8.46. The number of nitrogens with one attached hydrogen (secondary N) is 1. The SMILES string of the molecule is CON(C)C(=O)C[C@@H](NP1(=O)N(C(C)C)[C@H]2CCCC[C@@H]2N1C(C)C)c1ccc(Cl)cc1. The minimum absolute atomic E-state index is 0.117. The Balaban J connectivity index is 2.03. The Morgan fingerprint density at radius 3 is 2.06 bits per heavy atom. The lowest BCUT2D eigenvalue weighted by Crippen LogP contribution is -2.43. The van der Waals surface area contributed by atoms with Gasteiger partial charge in [0.2, 0.25) is 5.91 Å². The molecule has 1 heterocycles. The highest BCUT2D eigenvalue weighted by Gasteiger charge is 2.57. The van der Waals surface area contributed by atoms with Gasteiger partial charge in [-0.25, -0.2) is 19.5 Å². The zero-order chi connectivity index (χ0) is 23.6. The van der Waals surface area contributed by atoms with Crippen molar-refractivity contribution < 1.29 is 14.2 Å². The number of hydroxylamine groups is 2. The van der Waals surface area contributed by atoms with Crippen molar-refractivity contribution in [3.8, 4) is 0 Å². The van der Waals surface area contributed by atoms with Crippen molar-refractivity contribution in [1.29, 1.82) is 0 Å². The zero-order valence-electron chi connectivity index (χ0n) is 20.1. The number of amides is 1. The van der Waals surface area contributed by atoms with Gasteiger partial charge >= 0.3 is 0 Å². The van der Waals surface area contributed by atoms with Crippen LogP contribution in [-0.2, 0) is 14.2 Å². The van der Waals surface area contributed by atoms with Gasteiger partial charge in [0.25, 0.3) is 7.59 Å². The van der Waals surface area contributed by atoms with Gasteiger partial charge in [-0.15, -0.1) is 0 Å². The molecule has 1 N–H and O–H groups in total. The summed E-state index contributed by atoms with van der Waals surface area (Å²) in [6.07, 6.45) is 4.55. The fraction of sp³-hybridized carbons (Fsp3) is 0.696. The van der Waals surface area contributed by atoms with E-state index in [2.05, 4.69) is 42.1 Å². The van der Waals surface area contributed by atoms with Gasteiger partial charge in [-0.1, -0.05) is 36.6 Å². The largest absolute Gasteiger partial charge is 0.285 e. The van der Waals surface area contributed by atoms with Crippen LogP contribution in [0.1, 0.15) is 71.4 Å². The molecule has 1 aliphatic carbocycles. The third kappa shape index (κ3) is 5.08. The molecule has 180 valence electrons. The van der Waals surface area contributed by atoms with E-state index in [0.717, 1.165) is 31.2 Å². The molecule has 3 atom stereocenters. The number of carbonyl (C=O) groups excluding carboxylic acids is 1. The van der Waals surface area contributed by atoms with Crippen LogP contribution in [0.15, 0.2) is 24.3 Å². The van der Waals surface area contributed by atoms with Crippen LogP contribution in [0.2, 0.25) is 5.02 Å². The summed E-state index contributed by atoms with van der Waals surface area (Å²) in [4.78, 5) is 17.9. The number of nitrogens with zero attached hydrogens (tertiary/aromatic N) is 3. The number of hydrogen-bond acceptors (Lipinski definition) is 3. The molecule has 3 rings (SSSR count). The highest BCUT2D eigenvalue weighted by atomic mass is 35.5. The number of benzene rings is 1. The second kappa shape index (κ2) is 10.5. The van der Waals surface area contributed by atoms with E-state index in [4.69, 9.17) is 16.4 Å². The van der Waals surface area contributed by atoms with Gasteiger partial charge < -0.3 is 0 Å². The molecule has 1 aromatic rings. The fourth-order valence-corrected chi connectivity index (χ4v) is 9.17. The Hall–Kier alpha value is -0.950. The van der Waals surface area contributed by atoms with E-state index in [-0.39, 0.29) is 36.5 Å². The van der Waals surface area contributed by atoms with E-state index >= 15 is 0 Å². The summed E-state index contributed by atoms with van der Waals surface area (Å²) in [7, 11) is -0.107. The van der Waals surface area contributed by atoms with E-state index in [1.54, 1.807) is 19.2 Å². The first-order valence-corrected chi connectivity index (χ1v) is 13.6. The predicted octanol–water partition coefficient (Wildman–Crippen LogP) is 5.23. The molecular weight excluding hydrogens is 447 g/mol. The molecule has 1 aromatic carbocycles. The van der Waals surface area contributed by atoms with Crippen molar-refractivity contribution in [2.24, 2.45) is 0 Å². The van der Waals surface area contributed by atoms with Gasteiger partial charge in [-0.3, -0.25) is 14.2 Å². The minimum Gasteiger partial charge on any atom is -0.275 e. The molecule has 0 bridgehead atoms. The molecule has 2 aliphatic rings. The molecule has 0 radical (unpaired) electrons. The van der Waals surface area contributed by atoms with Crippen molar-refractivity contribution in [1.82, 2.24) is 19.5 Å². The Labute approximate surface area is 197 Å². The van der Waals surface area contributed by atoms with Crippen molar-refractivity contribution in [3.05, 3.63) is 34.9 Å². The first-order valence-electron chi connectivity index (χ1n) is 11.6. The molecule has 0 aromatic heterocycles. The van der Waals surface area contributed by atoms with Gasteiger partial charge in [0.05, 0.1) is 7.11 Å². The summed E-state index contributed by atoms with van der Waals surface area (Å²) in [6.45, 7) is 8.46. The first kappa shape index (κ1) is 25.7. The van der Waals surface area contributed by atoms with E-state index in [1.165, 1.54) is 12.2 Å². The second-order valence-corrected chi connectivity index (χ2v) is 12.1. The molecule has 1 aliphatic heterocycles. The number of halogens is 1. The van der Waals surface area contributed by atoms with Crippen LogP contribution in [0.25, 0.3) is 0 Å². The van der Waals surface area contributed by atoms with Crippen molar-refractivity contribution in [2.75, 3.05) is 14.2 Å². The summed E-state index contributed by atoms with van der Waals surface area (Å²) in [5.74, 6) is -0.185. The maximum absolute atomic E-state index is 15.0. The van der Waals surface area contributed by atoms with E-state index in [1.807, 2.05) is 12.1 Å². The second-order valence-electron chi connectivity index (χ2n) is 9.42. The summed E-state index contributed by atoms with van der Waals surface area (Å²) < 4.78 is 19.4. The molecule has 0 unspecified atom stereocenters. The Morgan fingerprint density at radius 1 is 1.12 bits per heavy atom. The van der Waals surface area contributed by atoms with Crippen molar-refractivity contribution in [2.45, 2.75) is 90.0 Å². The predicted molar refractivity (Wildman–Crippen MR) is 129 cm³/mol. The quantitative estimate of drug-likeness (QED) is 0.402. The van der Waals surface area contributed by atoms with Crippen LogP contribution >= 0.6 is 19.2 Å². The first-order chi connectivity index (χ1) is 15.1. The molecule has 1 amide bonds. The lowest BCUT2D eigenvalue weighted by molar-refractivity contribution is -0.169. The molecule has 9 heteroatoms. The average molecular weight is 485 g/mol. The zero-order valence-corrected chi connectivity index (χ0v) is 21.8. The number of hydrogen-bond donors (Lipinski definition) is 1. The lowest BCUT2D eigenvalue weighted by atomic mass is 9.89. The van der Waals surface area contributed by atoms with Gasteiger partial charge in [0.1, 0.15) is 0 Å². The average Bonchev–Trinajstić information content (AvgIpc) is 3.01. The molecule has 1 saturated heterocycles. The summed E-state index contributed by atoms with van der Waals surface area (Å²) in [5, 5.41) is 5.36. The van der Waals surface area contributed by atoms with Crippen LogP contribution in [0.5, 0.6) is 0 Å². The Morgan fingerprint density at radius 2 is 1.62 bits per heavy atom. The maximum Gasteiger partial charge on any atom is 0.285 e. The van der Waals surface area contributed by atoms with Gasteiger partial charge in [-0.2, -0.15) is 0 Å². The Bertz CT molecular complexity index is 807. The molecule has 0 spiro atoms. The van der Waals surface area contributed by atoms with E-state index in [9.17, 15) is 9.36 Å². The van der Waals surface area contributed by atoms with Crippen molar-refractivity contribution in [3.63, 3.8) is 0 Å². The number of rotatable bonds is 8. The maximum atomic E-state index is 15.0. The summed E-state index contributed by atoms with van der Waals surface area (Å²) in [6, 6.07) is 7.72. The highest BCUT2D eigenvalue weighted by Crippen LogP contribution is 2.63. The fourth-order valence-electron chi connectivity index (χ4n) is 5.30. The molecule has 1 saturated carbocycles. The van der Waals surface area contributed by atoms with Crippen LogP contribution in [0.4, 0.5) is 0 Å². The lowest BCUT2D eigenvalue weighted by Gasteiger charge is -2.38. The van der Waals surface area contributed by atoms with Crippen LogP contribution in [-0.4, -0.2) is 58.6 Å². The van der Waals surface area contributed by atoms with Crippen LogP contribution < -0.4 is 5.09 Å². The minimum atomic E-state index is -3.16.